The Bertz CT molecular complexity index is 288. The van der Waals surface area contributed by atoms with Crippen molar-refractivity contribution in [3.05, 3.63) is 0 Å². The van der Waals surface area contributed by atoms with Gasteiger partial charge in [0, 0.05) is 32.3 Å². The molecule has 0 aromatic carbocycles. The molecule has 0 saturated carbocycles. The molecule has 0 heterocycles. The maximum Gasteiger partial charge on any atom is 0.500 e. The smallest absolute Gasteiger partial charge is 0.374 e. The molecule has 6 heteroatoms. The van der Waals surface area contributed by atoms with Crippen LogP contribution >= 0.6 is 15.9 Å². The fraction of sp³-hybridized carbons (Fsp3) is 0.938. The summed E-state index contributed by atoms with van der Waals surface area (Å²) in [6.45, 7) is 11.6. The van der Waals surface area contributed by atoms with Gasteiger partial charge in [0.05, 0.1) is 4.32 Å². The minimum atomic E-state index is -2.48. The Labute approximate surface area is 145 Å². The summed E-state index contributed by atoms with van der Waals surface area (Å²) in [7, 11) is -2.48. The molecule has 0 N–H and O–H groups in total. The lowest BCUT2D eigenvalue weighted by molar-refractivity contribution is -0.120. The summed E-state index contributed by atoms with van der Waals surface area (Å²) in [5, 5.41) is 0. The van der Waals surface area contributed by atoms with Crippen LogP contribution in [-0.4, -0.2) is 38.7 Å². The number of unbranched alkanes of at least 4 members (excludes halogenated alkanes) is 3. The molecule has 0 bridgehead atoms. The molecule has 4 nitrogen and oxygen atoms in total. The van der Waals surface area contributed by atoms with Crippen molar-refractivity contribution in [2.24, 2.45) is 0 Å². The molecule has 0 amide bonds. The molecule has 0 aromatic rings. The highest BCUT2D eigenvalue weighted by Gasteiger charge is 2.39. The molecular weight excluding hydrogens is 364 g/mol. The van der Waals surface area contributed by atoms with Crippen molar-refractivity contribution in [2.75, 3.05) is 19.8 Å². The van der Waals surface area contributed by atoms with E-state index >= 15 is 0 Å². The lowest BCUT2D eigenvalue weighted by Gasteiger charge is -2.28. The van der Waals surface area contributed by atoms with E-state index in [0.717, 1.165) is 31.7 Å². The lowest BCUT2D eigenvalue weighted by Crippen LogP contribution is -2.45. The predicted octanol–water partition coefficient (Wildman–Crippen LogP) is 4.73. The molecule has 0 saturated heterocycles. The summed E-state index contributed by atoms with van der Waals surface area (Å²) in [5.74, 6) is 0.272. The number of Topliss-reactive ketones (excluding diaryl/α,β-unsaturated/α-hetero) is 1. The van der Waals surface area contributed by atoms with E-state index in [9.17, 15) is 4.79 Å². The van der Waals surface area contributed by atoms with E-state index in [1.807, 2.05) is 34.6 Å². The van der Waals surface area contributed by atoms with Gasteiger partial charge in [-0.15, -0.1) is 0 Å². The maximum absolute atomic E-state index is 11.8. The third-order valence-corrected chi connectivity index (χ3v) is 6.99. The van der Waals surface area contributed by atoms with Crippen LogP contribution in [0.5, 0.6) is 0 Å². The van der Waals surface area contributed by atoms with Gasteiger partial charge in [-0.05, 0) is 47.5 Å². The van der Waals surface area contributed by atoms with Crippen LogP contribution in [0.15, 0.2) is 0 Å². The second-order valence-corrected chi connectivity index (χ2v) is 10.5. The van der Waals surface area contributed by atoms with Crippen molar-refractivity contribution < 1.29 is 18.1 Å². The highest BCUT2D eigenvalue weighted by atomic mass is 79.9. The molecule has 0 aliphatic carbocycles. The molecule has 0 fully saturated rings. The first-order valence-electron chi connectivity index (χ1n) is 8.45. The highest BCUT2D eigenvalue weighted by molar-refractivity contribution is 9.10. The summed E-state index contributed by atoms with van der Waals surface area (Å²) >= 11 is 3.41. The van der Waals surface area contributed by atoms with E-state index in [1.165, 1.54) is 0 Å². The predicted molar refractivity (Wildman–Crippen MR) is 96.5 cm³/mol. The zero-order valence-corrected chi connectivity index (χ0v) is 17.5. The average molecular weight is 397 g/mol. The number of carbonyl (C=O) groups excluding carboxylic acids is 1. The third-order valence-electron chi connectivity index (χ3n) is 3.39. The largest absolute Gasteiger partial charge is 0.500 e. The number of rotatable bonds is 14. The summed E-state index contributed by atoms with van der Waals surface area (Å²) in [4.78, 5) is 11.8. The number of ketones is 1. The van der Waals surface area contributed by atoms with Gasteiger partial charge in [0.25, 0.3) is 0 Å². The van der Waals surface area contributed by atoms with E-state index in [1.54, 1.807) is 0 Å². The Morgan fingerprint density at radius 3 is 1.77 bits per heavy atom. The molecule has 0 atom stereocenters. The van der Waals surface area contributed by atoms with Gasteiger partial charge in [-0.25, -0.2) is 0 Å². The number of halogens is 1. The molecule has 0 unspecified atom stereocenters. The molecule has 0 rings (SSSR count). The molecule has 132 valence electrons. The Balaban J connectivity index is 4.05. The van der Waals surface area contributed by atoms with Gasteiger partial charge < -0.3 is 13.3 Å². The fourth-order valence-corrected chi connectivity index (χ4v) is 5.16. The minimum Gasteiger partial charge on any atom is -0.374 e. The van der Waals surface area contributed by atoms with Crippen LogP contribution in [0.3, 0.4) is 0 Å². The summed E-state index contributed by atoms with van der Waals surface area (Å²) in [6, 6.07) is 0.862. The van der Waals surface area contributed by atoms with Crippen molar-refractivity contribution in [1.29, 1.82) is 0 Å². The van der Waals surface area contributed by atoms with Gasteiger partial charge in [-0.3, -0.25) is 4.79 Å². The first-order chi connectivity index (χ1) is 10.3. The topological polar surface area (TPSA) is 44.8 Å². The second-order valence-electron chi connectivity index (χ2n) is 5.79. The summed E-state index contributed by atoms with van der Waals surface area (Å²) in [6.07, 6.45) is 4.75. The van der Waals surface area contributed by atoms with Gasteiger partial charge in [-0.1, -0.05) is 28.8 Å². The quantitative estimate of drug-likeness (QED) is 0.242. The van der Waals surface area contributed by atoms with E-state index in [2.05, 4.69) is 15.9 Å². The SMILES string of the molecule is CCO[Si](CCCCCCC(=O)C(C)(C)Br)(OCC)OCC. The normalized spacial score (nSPS) is 12.6. The first-order valence-corrected chi connectivity index (χ1v) is 11.2. The first kappa shape index (κ1) is 22.2. The average Bonchev–Trinajstić information content (AvgIpc) is 2.42. The summed E-state index contributed by atoms with van der Waals surface area (Å²) < 4.78 is 17.1. The highest BCUT2D eigenvalue weighted by Crippen LogP contribution is 2.22. The van der Waals surface area contributed by atoms with Crippen molar-refractivity contribution in [1.82, 2.24) is 0 Å². The van der Waals surface area contributed by atoms with Crippen molar-refractivity contribution in [2.45, 2.75) is 77.1 Å². The standard InChI is InChI=1S/C16H33BrO4Si/c1-6-19-22(20-7-2,21-8-3)14-12-10-9-11-13-15(18)16(4,5)17/h6-14H2,1-5H3. The Kier molecular flexibility index (Phi) is 11.9. The van der Waals surface area contributed by atoms with Crippen molar-refractivity contribution in [3.63, 3.8) is 0 Å². The second kappa shape index (κ2) is 11.7. The van der Waals surface area contributed by atoms with Gasteiger partial charge in [0.15, 0.2) is 0 Å². The number of hydrogen-bond donors (Lipinski definition) is 0. The molecular formula is C16H33BrO4Si. The van der Waals surface area contributed by atoms with Crippen LogP contribution in [-0.2, 0) is 18.1 Å². The van der Waals surface area contributed by atoms with Crippen LogP contribution in [0, 0.1) is 0 Å². The van der Waals surface area contributed by atoms with Gasteiger partial charge in [0.2, 0.25) is 0 Å². The number of hydrogen-bond acceptors (Lipinski definition) is 4. The van der Waals surface area contributed by atoms with Crippen LogP contribution in [0.4, 0.5) is 0 Å². The monoisotopic (exact) mass is 396 g/mol. The molecule has 0 radical (unpaired) electrons. The Hall–Kier alpha value is 0.247. The fourth-order valence-electron chi connectivity index (χ4n) is 2.28. The van der Waals surface area contributed by atoms with Gasteiger partial charge in [-0.2, -0.15) is 0 Å². The molecule has 0 aromatic heterocycles. The van der Waals surface area contributed by atoms with Crippen molar-refractivity contribution in [3.8, 4) is 0 Å². The van der Waals surface area contributed by atoms with Gasteiger partial charge >= 0.3 is 8.80 Å². The number of alkyl halides is 1. The van der Waals surface area contributed by atoms with E-state index in [-0.39, 0.29) is 5.78 Å². The minimum absolute atomic E-state index is 0.272. The van der Waals surface area contributed by atoms with Crippen LogP contribution < -0.4 is 0 Å². The van der Waals surface area contributed by atoms with Crippen LogP contribution in [0.1, 0.15) is 66.7 Å². The van der Waals surface area contributed by atoms with Gasteiger partial charge in [0.1, 0.15) is 5.78 Å². The zero-order chi connectivity index (χ0) is 17.1. The van der Waals surface area contributed by atoms with E-state index < -0.39 is 13.1 Å². The van der Waals surface area contributed by atoms with E-state index in [0.29, 0.717) is 26.2 Å². The molecule has 22 heavy (non-hydrogen) atoms. The van der Waals surface area contributed by atoms with E-state index in [4.69, 9.17) is 13.3 Å². The Morgan fingerprint density at radius 1 is 0.909 bits per heavy atom. The molecule has 0 aliphatic rings. The van der Waals surface area contributed by atoms with Crippen LogP contribution in [0.2, 0.25) is 6.04 Å². The number of carbonyl (C=O) groups is 1. The molecule has 0 spiro atoms. The van der Waals surface area contributed by atoms with Crippen LogP contribution in [0.25, 0.3) is 0 Å². The maximum atomic E-state index is 11.8. The lowest BCUT2D eigenvalue weighted by atomic mass is 10.0. The van der Waals surface area contributed by atoms with Crippen molar-refractivity contribution >= 4 is 30.5 Å². The zero-order valence-electron chi connectivity index (χ0n) is 14.9. The third kappa shape index (κ3) is 9.40. The molecule has 0 aliphatic heterocycles. The Morgan fingerprint density at radius 2 is 1.36 bits per heavy atom. The summed E-state index contributed by atoms with van der Waals surface area (Å²) in [5.41, 5.74) is 0.